The van der Waals surface area contributed by atoms with Gasteiger partial charge in [0, 0.05) is 6.08 Å². The number of hydrogen-bond acceptors (Lipinski definition) is 3. The highest BCUT2D eigenvalue weighted by atomic mass is 16.5. The first-order valence-electron chi connectivity index (χ1n) is 6.22. The number of carbonyl (C=O) groups is 2. The van der Waals surface area contributed by atoms with Gasteiger partial charge in [-0.25, -0.2) is 4.79 Å². The van der Waals surface area contributed by atoms with Crippen LogP contribution in [-0.2, 0) is 20.7 Å². The van der Waals surface area contributed by atoms with Crippen molar-refractivity contribution < 1.29 is 14.3 Å². The zero-order chi connectivity index (χ0) is 14.3. The maximum absolute atomic E-state index is 11.6. The third kappa shape index (κ3) is 4.95. The van der Waals surface area contributed by atoms with E-state index in [0.29, 0.717) is 0 Å². The number of benzene rings is 1. The molecule has 0 aliphatic rings. The minimum Gasteiger partial charge on any atom is -0.467 e. The number of aryl methyl sites for hydroxylation is 1. The molecule has 0 heterocycles. The molecule has 1 rings (SSSR count). The van der Waals surface area contributed by atoms with Crippen molar-refractivity contribution in [2.24, 2.45) is 0 Å². The molecule has 0 aliphatic carbocycles. The maximum Gasteiger partial charge on any atom is 0.328 e. The molecule has 102 valence electrons. The van der Waals surface area contributed by atoms with Crippen molar-refractivity contribution in [2.45, 2.75) is 26.3 Å². The summed E-state index contributed by atoms with van der Waals surface area (Å²) in [6.45, 7) is 3.67. The minimum atomic E-state index is -0.649. The van der Waals surface area contributed by atoms with Crippen LogP contribution in [-0.4, -0.2) is 25.0 Å². The van der Waals surface area contributed by atoms with E-state index in [-0.39, 0.29) is 5.91 Å². The Labute approximate surface area is 113 Å². The van der Waals surface area contributed by atoms with E-state index in [1.54, 1.807) is 13.0 Å². The molecule has 19 heavy (non-hydrogen) atoms. The highest BCUT2D eigenvalue weighted by molar-refractivity contribution is 5.94. The summed E-state index contributed by atoms with van der Waals surface area (Å²) in [6.07, 6.45) is 4.10. The van der Waals surface area contributed by atoms with E-state index in [9.17, 15) is 9.59 Å². The molecule has 1 aromatic carbocycles. The third-order valence-corrected chi connectivity index (χ3v) is 2.73. The van der Waals surface area contributed by atoms with Crippen LogP contribution in [0, 0.1) is 0 Å². The molecule has 0 saturated heterocycles. The van der Waals surface area contributed by atoms with Crippen LogP contribution in [0.3, 0.4) is 0 Å². The first-order chi connectivity index (χ1) is 9.06. The molecule has 1 N–H and O–H groups in total. The summed E-state index contributed by atoms with van der Waals surface area (Å²) in [5.74, 6) is -0.786. The highest BCUT2D eigenvalue weighted by Gasteiger charge is 2.13. The van der Waals surface area contributed by atoms with Gasteiger partial charge in [0.2, 0.25) is 5.91 Å². The molecule has 4 heteroatoms. The molecule has 0 spiro atoms. The Morgan fingerprint density at radius 1 is 1.32 bits per heavy atom. The number of amides is 1. The van der Waals surface area contributed by atoms with Crippen molar-refractivity contribution in [3.05, 3.63) is 41.5 Å². The lowest BCUT2D eigenvalue weighted by molar-refractivity contribution is -0.144. The molecule has 0 aromatic heterocycles. The van der Waals surface area contributed by atoms with Crippen LogP contribution in [0.25, 0.3) is 6.08 Å². The lowest BCUT2D eigenvalue weighted by Gasteiger charge is -2.09. The summed E-state index contributed by atoms with van der Waals surface area (Å²) in [5.41, 5.74) is 2.19. The molecule has 1 aromatic rings. The summed E-state index contributed by atoms with van der Waals surface area (Å²) in [6, 6.07) is 7.30. The van der Waals surface area contributed by atoms with Crippen molar-refractivity contribution in [2.75, 3.05) is 7.11 Å². The van der Waals surface area contributed by atoms with Crippen LogP contribution >= 0.6 is 0 Å². The van der Waals surface area contributed by atoms with Gasteiger partial charge in [0.15, 0.2) is 0 Å². The van der Waals surface area contributed by atoms with Gasteiger partial charge in [0.25, 0.3) is 0 Å². The van der Waals surface area contributed by atoms with E-state index in [0.717, 1.165) is 12.0 Å². The average molecular weight is 261 g/mol. The second-order valence-electron chi connectivity index (χ2n) is 4.18. The number of hydrogen-bond donors (Lipinski definition) is 1. The van der Waals surface area contributed by atoms with Crippen molar-refractivity contribution in [1.82, 2.24) is 5.32 Å². The molecular weight excluding hydrogens is 242 g/mol. The fourth-order valence-electron chi connectivity index (χ4n) is 1.53. The number of ether oxygens (including phenoxy) is 1. The Hall–Kier alpha value is -2.10. The molecular formula is C15H19NO3. The molecule has 1 amide bonds. The van der Waals surface area contributed by atoms with E-state index >= 15 is 0 Å². The largest absolute Gasteiger partial charge is 0.467 e. The lowest BCUT2D eigenvalue weighted by Crippen LogP contribution is -2.38. The van der Waals surface area contributed by atoms with Gasteiger partial charge in [-0.05, 0) is 30.5 Å². The topological polar surface area (TPSA) is 55.4 Å². The first-order valence-corrected chi connectivity index (χ1v) is 6.22. The third-order valence-electron chi connectivity index (χ3n) is 2.73. The molecule has 0 aliphatic heterocycles. The van der Waals surface area contributed by atoms with Gasteiger partial charge in [-0.2, -0.15) is 0 Å². The van der Waals surface area contributed by atoms with Gasteiger partial charge >= 0.3 is 5.97 Å². The molecule has 1 unspecified atom stereocenters. The average Bonchev–Trinajstić information content (AvgIpc) is 2.44. The van der Waals surface area contributed by atoms with Crippen LogP contribution in [0.2, 0.25) is 0 Å². The van der Waals surface area contributed by atoms with Crippen molar-refractivity contribution in [3.63, 3.8) is 0 Å². The molecule has 4 nitrogen and oxygen atoms in total. The monoisotopic (exact) mass is 261 g/mol. The smallest absolute Gasteiger partial charge is 0.328 e. The fourth-order valence-corrected chi connectivity index (χ4v) is 1.53. The Kier molecular flexibility index (Phi) is 5.79. The molecule has 0 bridgehead atoms. The molecule has 0 radical (unpaired) electrons. The lowest BCUT2D eigenvalue weighted by atomic mass is 10.1. The normalized spacial score (nSPS) is 12.2. The Balaban J connectivity index is 2.55. The Morgan fingerprint density at radius 2 is 1.95 bits per heavy atom. The van der Waals surface area contributed by atoms with Gasteiger partial charge in [-0.15, -0.1) is 0 Å². The van der Waals surface area contributed by atoms with Crippen molar-refractivity contribution >= 4 is 18.0 Å². The van der Waals surface area contributed by atoms with Crippen molar-refractivity contribution in [1.29, 1.82) is 0 Å². The Bertz CT molecular complexity index is 463. The van der Waals surface area contributed by atoms with Gasteiger partial charge in [0.05, 0.1) is 7.11 Å². The summed E-state index contributed by atoms with van der Waals surface area (Å²) in [7, 11) is 1.29. The van der Waals surface area contributed by atoms with E-state index in [2.05, 4.69) is 17.0 Å². The second kappa shape index (κ2) is 7.36. The zero-order valence-corrected chi connectivity index (χ0v) is 11.5. The van der Waals surface area contributed by atoms with Crippen molar-refractivity contribution in [3.8, 4) is 0 Å². The SMILES string of the molecule is CCc1ccc(C=CC(=O)NC(C)C(=O)OC)cc1. The molecule has 1 atom stereocenters. The van der Waals surface area contributed by atoms with Gasteiger partial charge < -0.3 is 10.1 Å². The maximum atomic E-state index is 11.6. The fraction of sp³-hybridized carbons (Fsp3) is 0.333. The summed E-state index contributed by atoms with van der Waals surface area (Å²) >= 11 is 0. The minimum absolute atomic E-state index is 0.322. The van der Waals surface area contributed by atoms with Crippen LogP contribution in [0.5, 0.6) is 0 Å². The molecule has 0 fully saturated rings. The first kappa shape index (κ1) is 15.0. The van der Waals surface area contributed by atoms with E-state index in [4.69, 9.17) is 0 Å². The number of carbonyl (C=O) groups excluding carboxylic acids is 2. The van der Waals surface area contributed by atoms with Crippen LogP contribution < -0.4 is 5.32 Å². The number of nitrogens with one attached hydrogen (secondary N) is 1. The number of esters is 1. The van der Waals surface area contributed by atoms with Gasteiger partial charge in [-0.1, -0.05) is 31.2 Å². The number of rotatable bonds is 5. The Morgan fingerprint density at radius 3 is 2.47 bits per heavy atom. The summed E-state index contributed by atoms with van der Waals surface area (Å²) in [5, 5.41) is 2.52. The predicted molar refractivity (Wildman–Crippen MR) is 74.5 cm³/mol. The number of methoxy groups -OCH3 is 1. The highest BCUT2D eigenvalue weighted by Crippen LogP contribution is 2.06. The zero-order valence-electron chi connectivity index (χ0n) is 11.5. The van der Waals surface area contributed by atoms with Gasteiger partial charge in [0.1, 0.15) is 6.04 Å². The van der Waals surface area contributed by atoms with Gasteiger partial charge in [-0.3, -0.25) is 4.79 Å². The van der Waals surface area contributed by atoms with Crippen LogP contribution in [0.15, 0.2) is 30.3 Å². The van der Waals surface area contributed by atoms with E-state index < -0.39 is 12.0 Å². The quantitative estimate of drug-likeness (QED) is 0.651. The van der Waals surface area contributed by atoms with Crippen LogP contribution in [0.4, 0.5) is 0 Å². The summed E-state index contributed by atoms with van der Waals surface area (Å²) in [4.78, 5) is 22.7. The van der Waals surface area contributed by atoms with E-state index in [1.165, 1.54) is 18.7 Å². The van der Waals surface area contributed by atoms with E-state index in [1.807, 2.05) is 24.3 Å². The summed E-state index contributed by atoms with van der Waals surface area (Å²) < 4.78 is 4.52. The second-order valence-corrected chi connectivity index (χ2v) is 4.18. The standard InChI is InChI=1S/C15H19NO3/c1-4-12-5-7-13(8-6-12)9-10-14(17)16-11(2)15(18)19-3/h5-11H,4H2,1-3H3,(H,16,17). The van der Waals surface area contributed by atoms with Crippen LogP contribution in [0.1, 0.15) is 25.0 Å². The molecule has 0 saturated carbocycles. The predicted octanol–water partition coefficient (Wildman–Crippen LogP) is 1.94.